The summed E-state index contributed by atoms with van der Waals surface area (Å²) in [6.45, 7) is 3.04. The quantitative estimate of drug-likeness (QED) is 0.646. The molecule has 0 atom stereocenters. The highest BCUT2D eigenvalue weighted by molar-refractivity contribution is 7.91. The molecule has 1 aromatic carbocycles. The average Bonchev–Trinajstić information content (AvgIpc) is 3.22. The van der Waals surface area contributed by atoms with E-state index in [1.165, 1.54) is 15.6 Å². The van der Waals surface area contributed by atoms with Crippen molar-refractivity contribution in [2.45, 2.75) is 23.8 Å². The van der Waals surface area contributed by atoms with Gasteiger partial charge in [-0.05, 0) is 31.2 Å². The maximum absolute atomic E-state index is 12.5. The summed E-state index contributed by atoms with van der Waals surface area (Å²) < 4.78 is 34.3. The molecule has 3 aromatic rings. The van der Waals surface area contributed by atoms with E-state index in [1.807, 2.05) is 49.5 Å². The molecule has 3 heterocycles. The van der Waals surface area contributed by atoms with Crippen molar-refractivity contribution >= 4 is 21.4 Å². The number of aryl methyl sites for hydroxylation is 1. The Morgan fingerprint density at radius 2 is 1.96 bits per heavy atom. The van der Waals surface area contributed by atoms with Crippen molar-refractivity contribution in [2.75, 3.05) is 13.1 Å². The van der Waals surface area contributed by atoms with E-state index in [0.29, 0.717) is 29.6 Å². The van der Waals surface area contributed by atoms with E-state index in [-0.39, 0.29) is 6.04 Å². The zero-order valence-corrected chi connectivity index (χ0v) is 15.8. The fraction of sp³-hybridized carbons (Fsp3) is 0.294. The van der Waals surface area contributed by atoms with Gasteiger partial charge in [-0.25, -0.2) is 13.1 Å². The van der Waals surface area contributed by atoms with E-state index in [4.69, 9.17) is 4.74 Å². The van der Waals surface area contributed by atoms with E-state index in [1.54, 1.807) is 10.7 Å². The van der Waals surface area contributed by atoms with Crippen LogP contribution in [0, 0.1) is 6.92 Å². The number of nitrogens with zero attached hydrogens (tertiary/aromatic N) is 4. The van der Waals surface area contributed by atoms with Crippen LogP contribution in [-0.4, -0.2) is 40.8 Å². The number of para-hydroxylation sites is 1. The van der Waals surface area contributed by atoms with E-state index in [0.717, 1.165) is 10.6 Å². The maximum atomic E-state index is 12.5. The van der Waals surface area contributed by atoms with Gasteiger partial charge in [0.05, 0.1) is 12.2 Å². The molecule has 0 bridgehead atoms. The van der Waals surface area contributed by atoms with Gasteiger partial charge < -0.3 is 4.74 Å². The van der Waals surface area contributed by atoms with Gasteiger partial charge in [0.1, 0.15) is 22.3 Å². The van der Waals surface area contributed by atoms with Gasteiger partial charge in [-0.1, -0.05) is 23.4 Å². The zero-order chi connectivity index (χ0) is 18.1. The Hall–Kier alpha value is -2.23. The molecule has 9 heteroatoms. The molecule has 4 rings (SSSR count). The van der Waals surface area contributed by atoms with Crippen LogP contribution in [0.2, 0.25) is 0 Å². The summed E-state index contributed by atoms with van der Waals surface area (Å²) in [5.41, 5.74) is 0.712. The third-order valence-corrected chi connectivity index (χ3v) is 7.50. The largest absolute Gasteiger partial charge is 0.487 e. The summed E-state index contributed by atoms with van der Waals surface area (Å²) in [6.07, 6.45) is 1.81. The summed E-state index contributed by atoms with van der Waals surface area (Å²) in [4.78, 5) is 0.986. The van der Waals surface area contributed by atoms with Crippen molar-refractivity contribution in [3.05, 3.63) is 59.2 Å². The lowest BCUT2D eigenvalue weighted by Crippen LogP contribution is -2.50. The number of rotatable bonds is 6. The highest BCUT2D eigenvalue weighted by Gasteiger charge is 2.39. The second-order valence-electron chi connectivity index (χ2n) is 6.13. The van der Waals surface area contributed by atoms with E-state index in [2.05, 4.69) is 10.3 Å². The molecule has 0 amide bonds. The SMILES string of the molecule is Cc1ccc(S(=O)(=O)N2CC(n3cc(COc4ccccc4)nn3)C2)s1. The first kappa shape index (κ1) is 17.2. The Labute approximate surface area is 155 Å². The van der Waals surface area contributed by atoms with Gasteiger partial charge in [-0.15, -0.1) is 16.4 Å². The predicted molar refractivity (Wildman–Crippen MR) is 97.6 cm³/mol. The summed E-state index contributed by atoms with van der Waals surface area (Å²) in [7, 11) is -3.40. The van der Waals surface area contributed by atoms with Crippen LogP contribution in [0.3, 0.4) is 0 Å². The molecule has 136 valence electrons. The number of sulfonamides is 1. The van der Waals surface area contributed by atoms with E-state index >= 15 is 0 Å². The standard InChI is InChI=1S/C17H18N4O3S2/c1-13-7-8-17(25-13)26(22,23)20-10-15(11-20)21-9-14(18-19-21)12-24-16-5-3-2-4-6-16/h2-9,15H,10-12H2,1H3. The lowest BCUT2D eigenvalue weighted by atomic mass is 10.2. The molecule has 0 unspecified atom stereocenters. The van der Waals surface area contributed by atoms with Gasteiger partial charge in [-0.2, -0.15) is 4.31 Å². The second-order valence-corrected chi connectivity index (χ2v) is 9.59. The number of ether oxygens (including phenoxy) is 1. The van der Waals surface area contributed by atoms with E-state index < -0.39 is 10.0 Å². The highest BCUT2D eigenvalue weighted by atomic mass is 32.2. The van der Waals surface area contributed by atoms with Crippen LogP contribution >= 0.6 is 11.3 Å². The Morgan fingerprint density at radius 1 is 1.19 bits per heavy atom. The summed E-state index contributed by atoms with van der Waals surface area (Å²) >= 11 is 1.30. The maximum Gasteiger partial charge on any atom is 0.252 e. The fourth-order valence-electron chi connectivity index (χ4n) is 2.69. The molecule has 26 heavy (non-hydrogen) atoms. The molecule has 0 aliphatic carbocycles. The van der Waals surface area contributed by atoms with Crippen LogP contribution in [-0.2, 0) is 16.6 Å². The van der Waals surface area contributed by atoms with Gasteiger partial charge in [0.25, 0.3) is 10.0 Å². The van der Waals surface area contributed by atoms with Crippen molar-refractivity contribution in [3.8, 4) is 5.75 Å². The van der Waals surface area contributed by atoms with Crippen molar-refractivity contribution < 1.29 is 13.2 Å². The van der Waals surface area contributed by atoms with Crippen molar-refractivity contribution in [1.82, 2.24) is 19.3 Å². The van der Waals surface area contributed by atoms with Crippen molar-refractivity contribution in [2.24, 2.45) is 0 Å². The second kappa shape index (κ2) is 6.82. The molecule has 1 saturated heterocycles. The molecular formula is C17H18N4O3S2. The van der Waals surface area contributed by atoms with Crippen LogP contribution in [0.4, 0.5) is 0 Å². The van der Waals surface area contributed by atoms with Crippen LogP contribution in [0.5, 0.6) is 5.75 Å². The van der Waals surface area contributed by atoms with Crippen LogP contribution < -0.4 is 4.74 Å². The third kappa shape index (κ3) is 3.37. The van der Waals surface area contributed by atoms with Gasteiger partial charge in [0.15, 0.2) is 0 Å². The molecular weight excluding hydrogens is 372 g/mol. The van der Waals surface area contributed by atoms with Gasteiger partial charge in [0.2, 0.25) is 0 Å². The first-order valence-electron chi connectivity index (χ1n) is 8.17. The number of aromatic nitrogens is 3. The first-order chi connectivity index (χ1) is 12.5. The normalized spacial score (nSPS) is 15.7. The smallest absolute Gasteiger partial charge is 0.252 e. The lowest BCUT2D eigenvalue weighted by Gasteiger charge is -2.37. The summed E-state index contributed by atoms with van der Waals surface area (Å²) in [6, 6.07) is 13.0. The van der Waals surface area contributed by atoms with Crippen LogP contribution in [0.25, 0.3) is 0 Å². The minimum Gasteiger partial charge on any atom is -0.487 e. The monoisotopic (exact) mass is 390 g/mol. The molecule has 2 aromatic heterocycles. The van der Waals surface area contributed by atoms with Gasteiger partial charge >= 0.3 is 0 Å². The van der Waals surface area contributed by atoms with Crippen LogP contribution in [0.15, 0.2) is 52.9 Å². The van der Waals surface area contributed by atoms with Crippen LogP contribution in [0.1, 0.15) is 16.6 Å². The highest BCUT2D eigenvalue weighted by Crippen LogP contribution is 2.31. The van der Waals surface area contributed by atoms with Gasteiger partial charge in [-0.3, -0.25) is 0 Å². The molecule has 0 radical (unpaired) electrons. The molecule has 1 aliphatic rings. The zero-order valence-electron chi connectivity index (χ0n) is 14.1. The van der Waals surface area contributed by atoms with E-state index in [9.17, 15) is 8.42 Å². The topological polar surface area (TPSA) is 77.3 Å². The number of hydrogen-bond donors (Lipinski definition) is 0. The predicted octanol–water partition coefficient (Wildman–Crippen LogP) is 2.47. The van der Waals surface area contributed by atoms with Crippen molar-refractivity contribution in [1.29, 1.82) is 0 Å². The molecule has 1 aliphatic heterocycles. The summed E-state index contributed by atoms with van der Waals surface area (Å²) in [5, 5.41) is 8.22. The van der Waals surface area contributed by atoms with Crippen molar-refractivity contribution in [3.63, 3.8) is 0 Å². The molecule has 0 N–H and O–H groups in total. The Morgan fingerprint density at radius 3 is 2.65 bits per heavy atom. The third-order valence-electron chi connectivity index (χ3n) is 4.20. The minimum atomic E-state index is -3.40. The molecule has 1 fully saturated rings. The summed E-state index contributed by atoms with van der Waals surface area (Å²) in [5.74, 6) is 0.772. The number of benzene rings is 1. The Kier molecular flexibility index (Phi) is 4.51. The first-order valence-corrected chi connectivity index (χ1v) is 10.4. The van der Waals surface area contributed by atoms with Gasteiger partial charge in [0, 0.05) is 18.0 Å². The number of thiophene rings is 1. The minimum absolute atomic E-state index is 0.00353. The molecule has 0 saturated carbocycles. The number of hydrogen-bond acceptors (Lipinski definition) is 6. The molecule has 0 spiro atoms. The molecule has 7 nitrogen and oxygen atoms in total. The Bertz CT molecular complexity index is 992. The average molecular weight is 390 g/mol. The Balaban J connectivity index is 1.35. The lowest BCUT2D eigenvalue weighted by molar-refractivity contribution is 0.189. The fourth-order valence-corrected chi connectivity index (χ4v) is 5.64.